The molecule has 1 heterocycles. The third-order valence-electron chi connectivity index (χ3n) is 4.01. The van der Waals surface area contributed by atoms with Crippen LogP contribution in [0.25, 0.3) is 0 Å². The smallest absolute Gasteiger partial charge is 0.0680 e. The lowest BCUT2D eigenvalue weighted by molar-refractivity contribution is 0.131. The molecule has 2 aromatic carbocycles. The first-order valence-corrected chi connectivity index (χ1v) is 8.95. The lowest BCUT2D eigenvalue weighted by Gasteiger charge is -2.33. The molecule has 0 amide bonds. The number of hydrazone groups is 1. The zero-order valence-corrected chi connectivity index (χ0v) is 15.4. The highest BCUT2D eigenvalue weighted by Crippen LogP contribution is 2.24. The van der Waals surface area contributed by atoms with Crippen LogP contribution in [0.5, 0.6) is 0 Å². The van der Waals surface area contributed by atoms with E-state index in [0.717, 1.165) is 43.3 Å². The lowest BCUT2D eigenvalue weighted by atomic mass is 10.2. The van der Waals surface area contributed by atoms with Crippen LogP contribution in [0.2, 0.25) is 15.1 Å². The molecule has 0 spiro atoms. The van der Waals surface area contributed by atoms with Crippen LogP contribution < -0.4 is 0 Å². The SMILES string of the molecule is Clc1ccc(CN2CCN(/N=C/c3cccc(Cl)c3Cl)CC2)cc1. The van der Waals surface area contributed by atoms with Crippen LogP contribution in [-0.4, -0.2) is 42.3 Å². The molecular formula is C18H18Cl3N3. The summed E-state index contributed by atoms with van der Waals surface area (Å²) >= 11 is 18.1. The standard InChI is InChI=1S/C18H18Cl3N3/c19-16-6-4-14(5-7-16)13-23-8-10-24(11-9-23)22-12-15-2-1-3-17(20)18(15)21/h1-7,12H,8-11,13H2/b22-12+. The maximum atomic E-state index is 6.18. The van der Waals surface area contributed by atoms with Gasteiger partial charge in [-0.05, 0) is 23.8 Å². The van der Waals surface area contributed by atoms with Crippen molar-refractivity contribution in [2.45, 2.75) is 6.54 Å². The van der Waals surface area contributed by atoms with E-state index in [4.69, 9.17) is 34.8 Å². The van der Waals surface area contributed by atoms with E-state index in [-0.39, 0.29) is 0 Å². The quantitative estimate of drug-likeness (QED) is 0.707. The number of hydrogen-bond donors (Lipinski definition) is 0. The predicted octanol–water partition coefficient (Wildman–Crippen LogP) is 4.80. The number of halogens is 3. The maximum Gasteiger partial charge on any atom is 0.0680 e. The van der Waals surface area contributed by atoms with Gasteiger partial charge in [0.25, 0.3) is 0 Å². The first-order valence-electron chi connectivity index (χ1n) is 7.81. The maximum absolute atomic E-state index is 6.18. The van der Waals surface area contributed by atoms with Gasteiger partial charge < -0.3 is 0 Å². The molecule has 0 atom stereocenters. The second-order valence-electron chi connectivity index (χ2n) is 5.74. The van der Waals surface area contributed by atoms with E-state index in [9.17, 15) is 0 Å². The molecule has 1 saturated heterocycles. The summed E-state index contributed by atoms with van der Waals surface area (Å²) in [6, 6.07) is 13.6. The minimum Gasteiger partial charge on any atom is -0.295 e. The second kappa shape index (κ2) is 8.21. The molecule has 126 valence electrons. The molecule has 0 saturated carbocycles. The molecule has 0 bridgehead atoms. The zero-order valence-electron chi connectivity index (χ0n) is 13.1. The van der Waals surface area contributed by atoms with Crippen molar-refractivity contribution in [3.63, 3.8) is 0 Å². The van der Waals surface area contributed by atoms with E-state index < -0.39 is 0 Å². The summed E-state index contributed by atoms with van der Waals surface area (Å²) in [6.07, 6.45) is 1.78. The van der Waals surface area contributed by atoms with Crippen LogP contribution in [0.1, 0.15) is 11.1 Å². The van der Waals surface area contributed by atoms with Crippen LogP contribution in [0.15, 0.2) is 47.6 Å². The van der Waals surface area contributed by atoms with Crippen molar-refractivity contribution >= 4 is 41.0 Å². The van der Waals surface area contributed by atoms with Crippen molar-refractivity contribution in [2.24, 2.45) is 5.10 Å². The van der Waals surface area contributed by atoms with Gasteiger partial charge >= 0.3 is 0 Å². The third-order valence-corrected chi connectivity index (χ3v) is 5.10. The van der Waals surface area contributed by atoms with Crippen LogP contribution in [-0.2, 0) is 6.54 Å². The molecular weight excluding hydrogens is 365 g/mol. The zero-order chi connectivity index (χ0) is 16.9. The summed E-state index contributed by atoms with van der Waals surface area (Å²) in [6.45, 7) is 4.67. The van der Waals surface area contributed by atoms with E-state index in [1.54, 1.807) is 12.3 Å². The highest BCUT2D eigenvalue weighted by Gasteiger charge is 2.15. The molecule has 1 fully saturated rings. The van der Waals surface area contributed by atoms with E-state index in [0.29, 0.717) is 10.0 Å². The Bertz CT molecular complexity index is 708. The van der Waals surface area contributed by atoms with E-state index in [1.165, 1.54) is 5.56 Å². The fourth-order valence-electron chi connectivity index (χ4n) is 2.62. The summed E-state index contributed by atoms with van der Waals surface area (Å²) in [7, 11) is 0. The van der Waals surface area contributed by atoms with Gasteiger partial charge in [0.15, 0.2) is 0 Å². The Kier molecular flexibility index (Phi) is 6.01. The largest absolute Gasteiger partial charge is 0.295 e. The Balaban J connectivity index is 1.52. The van der Waals surface area contributed by atoms with Crippen molar-refractivity contribution in [2.75, 3.05) is 26.2 Å². The van der Waals surface area contributed by atoms with Crippen LogP contribution in [0, 0.1) is 0 Å². The molecule has 0 aromatic heterocycles. The van der Waals surface area contributed by atoms with Crippen molar-refractivity contribution in [3.05, 3.63) is 68.7 Å². The monoisotopic (exact) mass is 381 g/mol. The van der Waals surface area contributed by atoms with Crippen LogP contribution >= 0.6 is 34.8 Å². The van der Waals surface area contributed by atoms with Crippen LogP contribution in [0.3, 0.4) is 0 Å². The van der Waals surface area contributed by atoms with Crippen LogP contribution in [0.4, 0.5) is 0 Å². The normalized spacial score (nSPS) is 16.0. The van der Waals surface area contributed by atoms with E-state index in [2.05, 4.69) is 27.1 Å². The van der Waals surface area contributed by atoms with Crippen molar-refractivity contribution in [1.29, 1.82) is 0 Å². The number of nitrogens with zero attached hydrogens (tertiary/aromatic N) is 3. The van der Waals surface area contributed by atoms with Gasteiger partial charge in [-0.1, -0.05) is 59.1 Å². The molecule has 3 rings (SSSR count). The predicted molar refractivity (Wildman–Crippen MR) is 102 cm³/mol. The molecule has 0 aliphatic carbocycles. The summed E-state index contributed by atoms with van der Waals surface area (Å²) in [5, 5.41) is 8.47. The molecule has 6 heteroatoms. The molecule has 24 heavy (non-hydrogen) atoms. The fraction of sp³-hybridized carbons (Fsp3) is 0.278. The Morgan fingerprint density at radius 1 is 0.917 bits per heavy atom. The molecule has 0 N–H and O–H groups in total. The van der Waals surface area contributed by atoms with Gasteiger partial charge in [-0.15, -0.1) is 0 Å². The number of hydrogen-bond acceptors (Lipinski definition) is 3. The number of rotatable bonds is 4. The van der Waals surface area contributed by atoms with E-state index in [1.807, 2.05) is 24.3 Å². The van der Waals surface area contributed by atoms with Gasteiger partial charge in [-0.3, -0.25) is 9.91 Å². The minimum atomic E-state index is 0.546. The molecule has 0 unspecified atom stereocenters. The van der Waals surface area contributed by atoms with Crippen molar-refractivity contribution < 1.29 is 0 Å². The summed E-state index contributed by atoms with van der Waals surface area (Å²) in [5.41, 5.74) is 2.12. The summed E-state index contributed by atoms with van der Waals surface area (Å²) in [4.78, 5) is 2.42. The first kappa shape index (κ1) is 17.6. The van der Waals surface area contributed by atoms with Crippen molar-refractivity contribution in [3.8, 4) is 0 Å². The van der Waals surface area contributed by atoms with Gasteiger partial charge in [-0.25, -0.2) is 0 Å². The Morgan fingerprint density at radius 2 is 1.62 bits per heavy atom. The Morgan fingerprint density at radius 3 is 2.33 bits per heavy atom. The molecule has 2 aromatic rings. The van der Waals surface area contributed by atoms with Gasteiger partial charge in [0.2, 0.25) is 0 Å². The Hall–Kier alpha value is -1.26. The minimum absolute atomic E-state index is 0.546. The fourth-order valence-corrected chi connectivity index (χ4v) is 3.11. The van der Waals surface area contributed by atoms with Gasteiger partial charge in [0, 0.05) is 43.3 Å². The third kappa shape index (κ3) is 4.64. The van der Waals surface area contributed by atoms with Crippen molar-refractivity contribution in [1.82, 2.24) is 9.91 Å². The van der Waals surface area contributed by atoms with Gasteiger partial charge in [0.1, 0.15) is 0 Å². The van der Waals surface area contributed by atoms with Gasteiger partial charge in [0.05, 0.1) is 16.3 Å². The average molecular weight is 383 g/mol. The van der Waals surface area contributed by atoms with E-state index >= 15 is 0 Å². The molecule has 1 aliphatic rings. The molecule has 0 radical (unpaired) electrons. The Labute approximate surface area is 157 Å². The summed E-state index contributed by atoms with van der Waals surface area (Å²) in [5.74, 6) is 0. The number of piperazine rings is 1. The second-order valence-corrected chi connectivity index (χ2v) is 6.97. The first-order chi connectivity index (χ1) is 11.6. The highest BCUT2D eigenvalue weighted by atomic mass is 35.5. The van der Waals surface area contributed by atoms with Gasteiger partial charge in [-0.2, -0.15) is 5.10 Å². The topological polar surface area (TPSA) is 18.8 Å². The average Bonchev–Trinajstić information content (AvgIpc) is 2.59. The highest BCUT2D eigenvalue weighted by molar-refractivity contribution is 6.43. The molecule has 3 nitrogen and oxygen atoms in total. The molecule has 1 aliphatic heterocycles. The summed E-state index contributed by atoms with van der Waals surface area (Å²) < 4.78 is 0. The lowest BCUT2D eigenvalue weighted by Crippen LogP contribution is -2.43. The number of benzene rings is 2.